The quantitative estimate of drug-likeness (QED) is 0.673. The molecule has 7 nitrogen and oxygen atoms in total. The highest BCUT2D eigenvalue weighted by molar-refractivity contribution is 7.13. The number of likely N-dealkylation sites (N-methyl/N-ethyl adjacent to an activating group) is 1. The van der Waals surface area contributed by atoms with Crippen LogP contribution in [0.2, 0.25) is 0 Å². The van der Waals surface area contributed by atoms with Gasteiger partial charge in [0.25, 0.3) is 5.91 Å². The number of ether oxygens (including phenoxy) is 1. The van der Waals surface area contributed by atoms with E-state index in [2.05, 4.69) is 17.1 Å². The Hall–Kier alpha value is -2.22. The molecular formula is C19H25N3O4S. The number of esters is 1. The molecule has 1 aliphatic rings. The molecule has 0 atom stereocenters. The number of aryl methyl sites for hydroxylation is 1. The van der Waals surface area contributed by atoms with Gasteiger partial charge in [0.2, 0.25) is 11.7 Å². The van der Waals surface area contributed by atoms with E-state index in [0.717, 1.165) is 36.5 Å². The van der Waals surface area contributed by atoms with Crippen molar-refractivity contribution in [3.05, 3.63) is 23.4 Å². The zero-order valence-electron chi connectivity index (χ0n) is 15.7. The summed E-state index contributed by atoms with van der Waals surface area (Å²) in [7, 11) is 1.79. The molecule has 3 rings (SSSR count). The van der Waals surface area contributed by atoms with Crippen LogP contribution in [0.3, 0.4) is 0 Å². The van der Waals surface area contributed by atoms with Crippen LogP contribution in [-0.2, 0) is 20.7 Å². The fourth-order valence-electron chi connectivity index (χ4n) is 3.22. The van der Waals surface area contributed by atoms with Crippen molar-refractivity contribution >= 4 is 23.2 Å². The predicted octanol–water partition coefficient (Wildman–Crippen LogP) is 3.31. The molecule has 1 fully saturated rings. The van der Waals surface area contributed by atoms with E-state index in [4.69, 9.17) is 9.26 Å². The maximum atomic E-state index is 12.2. The minimum atomic E-state index is -0.440. The van der Waals surface area contributed by atoms with Crippen LogP contribution in [0.5, 0.6) is 0 Å². The van der Waals surface area contributed by atoms with Gasteiger partial charge in [0, 0.05) is 19.5 Å². The molecular weight excluding hydrogens is 366 g/mol. The van der Waals surface area contributed by atoms with Crippen LogP contribution in [-0.4, -0.2) is 46.6 Å². The SMILES string of the molecule is CC1CCC(N(C)C(=O)COC(=O)CCc2nc(-c3cccs3)no2)CC1. The summed E-state index contributed by atoms with van der Waals surface area (Å²) in [6, 6.07) is 4.07. The second-order valence-electron chi connectivity index (χ2n) is 7.07. The minimum Gasteiger partial charge on any atom is -0.456 e. The van der Waals surface area contributed by atoms with Gasteiger partial charge in [0.1, 0.15) is 0 Å². The Labute approximate surface area is 162 Å². The summed E-state index contributed by atoms with van der Waals surface area (Å²) in [6.45, 7) is 2.03. The van der Waals surface area contributed by atoms with Crippen LogP contribution < -0.4 is 0 Å². The molecule has 0 bridgehead atoms. The van der Waals surface area contributed by atoms with Gasteiger partial charge in [-0.2, -0.15) is 4.98 Å². The largest absolute Gasteiger partial charge is 0.456 e. The van der Waals surface area contributed by atoms with Crippen molar-refractivity contribution in [2.24, 2.45) is 5.92 Å². The average molecular weight is 391 g/mol. The summed E-state index contributed by atoms with van der Waals surface area (Å²) < 4.78 is 10.3. The van der Waals surface area contributed by atoms with E-state index in [0.29, 0.717) is 18.1 Å². The molecule has 0 aliphatic heterocycles. The van der Waals surface area contributed by atoms with Crippen LogP contribution >= 0.6 is 11.3 Å². The van der Waals surface area contributed by atoms with Crippen molar-refractivity contribution in [1.29, 1.82) is 0 Å². The van der Waals surface area contributed by atoms with Gasteiger partial charge in [-0.05, 0) is 43.0 Å². The minimum absolute atomic E-state index is 0.101. The van der Waals surface area contributed by atoms with Crippen molar-refractivity contribution in [3.8, 4) is 10.7 Å². The zero-order chi connectivity index (χ0) is 19.2. The third kappa shape index (κ3) is 5.38. The van der Waals surface area contributed by atoms with E-state index in [1.54, 1.807) is 11.9 Å². The lowest BCUT2D eigenvalue weighted by molar-refractivity contribution is -0.152. The number of nitrogens with zero attached hydrogens (tertiary/aromatic N) is 3. The molecule has 8 heteroatoms. The standard InChI is InChI=1S/C19H25N3O4S/c1-13-5-7-14(8-6-13)22(2)17(23)12-25-18(24)10-9-16-20-19(21-26-16)15-4-3-11-27-15/h3-4,11,13-14H,5-10,12H2,1-2H3. The molecule has 146 valence electrons. The Bertz CT molecular complexity index is 751. The van der Waals surface area contributed by atoms with Gasteiger partial charge in [0.05, 0.1) is 11.3 Å². The first-order valence-corrected chi connectivity index (χ1v) is 10.2. The molecule has 2 heterocycles. The molecule has 27 heavy (non-hydrogen) atoms. The Kier molecular flexibility index (Phi) is 6.60. The lowest BCUT2D eigenvalue weighted by Gasteiger charge is -2.33. The third-order valence-corrected chi connectivity index (χ3v) is 5.90. The first kappa shape index (κ1) is 19.5. The molecule has 0 spiro atoms. The maximum absolute atomic E-state index is 12.2. The molecule has 0 aromatic carbocycles. The second-order valence-corrected chi connectivity index (χ2v) is 8.02. The maximum Gasteiger partial charge on any atom is 0.306 e. The van der Waals surface area contributed by atoms with Crippen molar-refractivity contribution in [2.75, 3.05) is 13.7 Å². The van der Waals surface area contributed by atoms with Gasteiger partial charge in [0.15, 0.2) is 6.61 Å². The van der Waals surface area contributed by atoms with Crippen molar-refractivity contribution < 1.29 is 18.8 Å². The summed E-state index contributed by atoms with van der Waals surface area (Å²) in [5.74, 6) is 1.04. The predicted molar refractivity (Wildman–Crippen MR) is 101 cm³/mol. The van der Waals surface area contributed by atoms with E-state index >= 15 is 0 Å². The number of aromatic nitrogens is 2. The van der Waals surface area contributed by atoms with Gasteiger partial charge in [-0.15, -0.1) is 11.3 Å². The number of thiophene rings is 1. The Balaban J connectivity index is 1.38. The zero-order valence-corrected chi connectivity index (χ0v) is 16.5. The number of amides is 1. The first-order chi connectivity index (χ1) is 13.0. The topological polar surface area (TPSA) is 85.5 Å². The lowest BCUT2D eigenvalue weighted by Crippen LogP contribution is -2.41. The summed E-state index contributed by atoms with van der Waals surface area (Å²) >= 11 is 1.52. The molecule has 2 aromatic heterocycles. The highest BCUT2D eigenvalue weighted by atomic mass is 32.1. The van der Waals surface area contributed by atoms with Crippen molar-refractivity contribution in [3.63, 3.8) is 0 Å². The summed E-state index contributed by atoms with van der Waals surface area (Å²) in [4.78, 5) is 31.1. The van der Waals surface area contributed by atoms with Gasteiger partial charge in [-0.1, -0.05) is 18.1 Å². The monoisotopic (exact) mass is 391 g/mol. The van der Waals surface area contributed by atoms with E-state index < -0.39 is 5.97 Å². The van der Waals surface area contributed by atoms with Gasteiger partial charge >= 0.3 is 5.97 Å². The lowest BCUT2D eigenvalue weighted by atomic mass is 9.87. The fraction of sp³-hybridized carbons (Fsp3) is 0.579. The summed E-state index contributed by atoms with van der Waals surface area (Å²) in [6.07, 6.45) is 4.70. The molecule has 1 amide bonds. The van der Waals surface area contributed by atoms with Crippen LogP contribution in [0, 0.1) is 5.92 Å². The first-order valence-electron chi connectivity index (χ1n) is 9.30. The van der Waals surface area contributed by atoms with E-state index in [1.165, 1.54) is 11.3 Å². The molecule has 0 saturated heterocycles. The van der Waals surface area contributed by atoms with Gasteiger partial charge in [-0.3, -0.25) is 9.59 Å². The highest BCUT2D eigenvalue weighted by Gasteiger charge is 2.25. The van der Waals surface area contributed by atoms with E-state index in [-0.39, 0.29) is 25.0 Å². The highest BCUT2D eigenvalue weighted by Crippen LogP contribution is 2.26. The number of carbonyl (C=O) groups excluding carboxylic acids is 2. The number of hydrogen-bond donors (Lipinski definition) is 0. The van der Waals surface area contributed by atoms with Gasteiger partial charge < -0.3 is 14.2 Å². The number of carbonyl (C=O) groups is 2. The normalized spacial score (nSPS) is 19.6. The summed E-state index contributed by atoms with van der Waals surface area (Å²) in [5, 5.41) is 5.84. The van der Waals surface area contributed by atoms with Gasteiger partial charge in [-0.25, -0.2) is 0 Å². The van der Waals surface area contributed by atoms with Crippen LogP contribution in [0.4, 0.5) is 0 Å². The molecule has 2 aromatic rings. The average Bonchev–Trinajstić information content (AvgIpc) is 3.35. The smallest absolute Gasteiger partial charge is 0.306 e. The van der Waals surface area contributed by atoms with Crippen LogP contribution in [0.15, 0.2) is 22.0 Å². The Morgan fingerprint density at radius 3 is 2.81 bits per heavy atom. The molecule has 1 saturated carbocycles. The van der Waals surface area contributed by atoms with Crippen molar-refractivity contribution in [1.82, 2.24) is 15.0 Å². The second kappa shape index (κ2) is 9.12. The fourth-order valence-corrected chi connectivity index (χ4v) is 3.87. The Morgan fingerprint density at radius 1 is 1.33 bits per heavy atom. The van der Waals surface area contributed by atoms with E-state index in [1.807, 2.05) is 17.5 Å². The van der Waals surface area contributed by atoms with E-state index in [9.17, 15) is 9.59 Å². The number of hydrogen-bond acceptors (Lipinski definition) is 7. The van der Waals surface area contributed by atoms with Crippen molar-refractivity contribution in [2.45, 2.75) is 51.5 Å². The Morgan fingerprint density at radius 2 is 2.11 bits per heavy atom. The summed E-state index contributed by atoms with van der Waals surface area (Å²) in [5.41, 5.74) is 0. The van der Waals surface area contributed by atoms with Crippen LogP contribution in [0.1, 0.15) is 44.9 Å². The molecule has 0 N–H and O–H groups in total. The molecule has 0 unspecified atom stereocenters. The molecule has 0 radical (unpaired) electrons. The third-order valence-electron chi connectivity index (χ3n) is 5.04. The number of rotatable bonds is 7. The van der Waals surface area contributed by atoms with Crippen LogP contribution in [0.25, 0.3) is 10.7 Å². The molecule has 1 aliphatic carbocycles.